The first kappa shape index (κ1) is 15.6. The van der Waals surface area contributed by atoms with Crippen molar-refractivity contribution in [3.05, 3.63) is 64.4 Å². The molecule has 0 spiro atoms. The maximum Gasteiger partial charge on any atom is 0.339 e. The summed E-state index contributed by atoms with van der Waals surface area (Å²) in [6.07, 6.45) is 0.691. The molecule has 0 saturated heterocycles. The van der Waals surface area contributed by atoms with Gasteiger partial charge in [0.15, 0.2) is 11.6 Å². The molecular weight excluding hydrogens is 330 g/mol. The van der Waals surface area contributed by atoms with Gasteiger partial charge < -0.3 is 14.3 Å². The third kappa shape index (κ3) is 2.63. The van der Waals surface area contributed by atoms with Gasteiger partial charge in [0.2, 0.25) is 0 Å². The number of aromatic carboxylic acids is 1. The van der Waals surface area contributed by atoms with Gasteiger partial charge in [0.05, 0.1) is 0 Å². The number of carbonyl (C=O) groups is 1. The average Bonchev–Trinajstić information content (AvgIpc) is 3.06. The Labute approximate surface area is 141 Å². The van der Waals surface area contributed by atoms with E-state index in [1.807, 2.05) is 0 Å². The van der Waals surface area contributed by atoms with Crippen molar-refractivity contribution in [2.45, 2.75) is 25.9 Å². The number of carboxylic acid groups (broad SMARTS) is 1. The Morgan fingerprint density at radius 3 is 2.40 bits per heavy atom. The maximum absolute atomic E-state index is 13.3. The zero-order valence-corrected chi connectivity index (χ0v) is 13.3. The molecule has 0 bridgehead atoms. The summed E-state index contributed by atoms with van der Waals surface area (Å²) in [7, 11) is 0. The predicted octanol–water partition coefficient (Wildman–Crippen LogP) is 4.26. The van der Waals surface area contributed by atoms with Crippen LogP contribution >= 0.6 is 0 Å². The number of carboxylic acids is 1. The second-order valence-electron chi connectivity index (χ2n) is 6.18. The van der Waals surface area contributed by atoms with Crippen molar-refractivity contribution in [2.24, 2.45) is 0 Å². The molecule has 0 unspecified atom stereocenters. The molecule has 2 aromatic carbocycles. The number of rotatable bonds is 3. The minimum absolute atomic E-state index is 0.110. The molecule has 4 nitrogen and oxygen atoms in total. The lowest BCUT2D eigenvalue weighted by Crippen LogP contribution is -2.16. The van der Waals surface area contributed by atoms with Crippen molar-refractivity contribution >= 4 is 16.9 Å². The van der Waals surface area contributed by atoms with Crippen LogP contribution in [0.25, 0.3) is 11.0 Å². The molecule has 0 saturated carbocycles. The van der Waals surface area contributed by atoms with Crippen LogP contribution in [0.15, 0.2) is 34.7 Å². The third-order valence-corrected chi connectivity index (χ3v) is 4.49. The van der Waals surface area contributed by atoms with Crippen molar-refractivity contribution in [1.29, 1.82) is 0 Å². The monoisotopic (exact) mass is 344 g/mol. The van der Waals surface area contributed by atoms with Crippen LogP contribution in [-0.2, 0) is 12.8 Å². The number of ether oxygens (including phenoxy) is 1. The standard InChI is InChI=1S/C19H14F2O4/c1-9-18(19(22)23)14-8-12(2-3-17(14)24-9)25-13-4-10-6-15(20)16(21)7-11(10)5-13/h2-3,6-8,13H,4-5H2,1H3,(H,22,23). The lowest BCUT2D eigenvalue weighted by molar-refractivity contribution is 0.0697. The van der Waals surface area contributed by atoms with Crippen molar-refractivity contribution in [2.75, 3.05) is 0 Å². The molecule has 1 aliphatic rings. The normalized spacial score (nSPS) is 14.0. The van der Waals surface area contributed by atoms with Gasteiger partial charge in [0, 0.05) is 18.2 Å². The minimum atomic E-state index is -1.06. The van der Waals surface area contributed by atoms with E-state index < -0.39 is 17.6 Å². The Balaban J connectivity index is 1.61. The number of halogens is 2. The summed E-state index contributed by atoms with van der Waals surface area (Å²) >= 11 is 0. The van der Waals surface area contributed by atoms with Crippen LogP contribution in [0.5, 0.6) is 5.75 Å². The number of fused-ring (bicyclic) bond motifs is 2. The molecule has 128 valence electrons. The molecule has 0 atom stereocenters. The fourth-order valence-corrected chi connectivity index (χ4v) is 3.39. The maximum atomic E-state index is 13.3. The largest absolute Gasteiger partial charge is 0.490 e. The molecule has 6 heteroatoms. The van der Waals surface area contributed by atoms with Gasteiger partial charge in [-0.2, -0.15) is 0 Å². The Bertz CT molecular complexity index is 975. The topological polar surface area (TPSA) is 59.7 Å². The van der Waals surface area contributed by atoms with Crippen LogP contribution in [0.4, 0.5) is 8.78 Å². The summed E-state index contributed by atoms with van der Waals surface area (Å²) < 4.78 is 38.0. The number of hydrogen-bond acceptors (Lipinski definition) is 3. The molecule has 0 amide bonds. The van der Waals surface area contributed by atoms with Gasteiger partial charge in [-0.1, -0.05) is 0 Å². The first-order chi connectivity index (χ1) is 11.9. The molecule has 0 radical (unpaired) electrons. The molecule has 0 fully saturated rings. The van der Waals surface area contributed by atoms with E-state index in [0.29, 0.717) is 35.3 Å². The van der Waals surface area contributed by atoms with Gasteiger partial charge in [0.25, 0.3) is 0 Å². The van der Waals surface area contributed by atoms with E-state index in [4.69, 9.17) is 9.15 Å². The Kier molecular flexibility index (Phi) is 3.49. The number of aryl methyl sites for hydroxylation is 1. The Morgan fingerprint density at radius 2 is 1.80 bits per heavy atom. The van der Waals surface area contributed by atoms with E-state index in [-0.39, 0.29) is 11.7 Å². The van der Waals surface area contributed by atoms with Crippen molar-refractivity contribution < 1.29 is 27.8 Å². The molecule has 4 rings (SSSR count). The van der Waals surface area contributed by atoms with E-state index >= 15 is 0 Å². The molecule has 1 aliphatic carbocycles. The van der Waals surface area contributed by atoms with Crippen LogP contribution in [0.2, 0.25) is 0 Å². The Hall–Kier alpha value is -2.89. The summed E-state index contributed by atoms with van der Waals surface area (Å²) in [5.74, 6) is -1.96. The smallest absolute Gasteiger partial charge is 0.339 e. The highest BCUT2D eigenvalue weighted by molar-refractivity contribution is 6.03. The summed E-state index contributed by atoms with van der Waals surface area (Å²) in [4.78, 5) is 11.4. The molecular formula is C19H14F2O4. The number of benzene rings is 2. The van der Waals surface area contributed by atoms with Gasteiger partial charge in [-0.25, -0.2) is 13.6 Å². The summed E-state index contributed by atoms with van der Waals surface area (Å²) in [6.45, 7) is 1.60. The lowest BCUT2D eigenvalue weighted by Gasteiger charge is -2.13. The van der Waals surface area contributed by atoms with Crippen molar-refractivity contribution in [1.82, 2.24) is 0 Å². The average molecular weight is 344 g/mol. The number of hydrogen-bond donors (Lipinski definition) is 1. The van der Waals surface area contributed by atoms with Gasteiger partial charge in [0.1, 0.15) is 28.8 Å². The minimum Gasteiger partial charge on any atom is -0.490 e. The van der Waals surface area contributed by atoms with E-state index in [9.17, 15) is 18.7 Å². The second kappa shape index (κ2) is 5.58. The third-order valence-electron chi connectivity index (χ3n) is 4.49. The van der Waals surface area contributed by atoms with Crippen LogP contribution in [0.3, 0.4) is 0 Å². The number of furan rings is 1. The van der Waals surface area contributed by atoms with E-state index in [2.05, 4.69) is 0 Å². The van der Waals surface area contributed by atoms with Gasteiger partial charge in [-0.15, -0.1) is 0 Å². The highest BCUT2D eigenvalue weighted by atomic mass is 19.2. The van der Waals surface area contributed by atoms with Crippen molar-refractivity contribution in [3.8, 4) is 5.75 Å². The van der Waals surface area contributed by atoms with Crippen LogP contribution in [0.1, 0.15) is 27.2 Å². The summed E-state index contributed by atoms with van der Waals surface area (Å²) in [5.41, 5.74) is 2.05. The fraction of sp³-hybridized carbons (Fsp3) is 0.211. The van der Waals surface area contributed by atoms with Crippen LogP contribution in [0, 0.1) is 18.6 Å². The van der Waals surface area contributed by atoms with Gasteiger partial charge in [-0.3, -0.25) is 0 Å². The summed E-state index contributed by atoms with van der Waals surface area (Å²) in [5, 5.41) is 9.79. The molecule has 3 aromatic rings. The highest BCUT2D eigenvalue weighted by Gasteiger charge is 2.25. The van der Waals surface area contributed by atoms with Crippen LogP contribution in [-0.4, -0.2) is 17.2 Å². The van der Waals surface area contributed by atoms with E-state index in [1.54, 1.807) is 25.1 Å². The van der Waals surface area contributed by atoms with Crippen molar-refractivity contribution in [3.63, 3.8) is 0 Å². The molecule has 1 heterocycles. The highest BCUT2D eigenvalue weighted by Crippen LogP contribution is 2.32. The fourth-order valence-electron chi connectivity index (χ4n) is 3.39. The quantitative estimate of drug-likeness (QED) is 0.771. The molecule has 25 heavy (non-hydrogen) atoms. The first-order valence-corrected chi connectivity index (χ1v) is 7.82. The van der Waals surface area contributed by atoms with Crippen LogP contribution < -0.4 is 4.74 Å². The molecule has 1 N–H and O–H groups in total. The molecule has 1 aromatic heterocycles. The summed E-state index contributed by atoms with van der Waals surface area (Å²) in [6, 6.07) is 7.39. The van der Waals surface area contributed by atoms with Gasteiger partial charge in [-0.05, 0) is 48.4 Å². The van der Waals surface area contributed by atoms with Gasteiger partial charge >= 0.3 is 5.97 Å². The zero-order chi connectivity index (χ0) is 17.7. The van der Waals surface area contributed by atoms with E-state index in [0.717, 1.165) is 11.1 Å². The predicted molar refractivity (Wildman–Crippen MR) is 86.1 cm³/mol. The Morgan fingerprint density at radius 1 is 1.16 bits per heavy atom. The zero-order valence-electron chi connectivity index (χ0n) is 13.3. The lowest BCUT2D eigenvalue weighted by atomic mass is 10.1. The molecule has 0 aliphatic heterocycles. The second-order valence-corrected chi connectivity index (χ2v) is 6.18. The SMILES string of the molecule is Cc1oc2ccc(OC3Cc4cc(F)c(F)cc4C3)cc2c1C(=O)O. The first-order valence-electron chi connectivity index (χ1n) is 7.82. The van der Waals surface area contributed by atoms with E-state index in [1.165, 1.54) is 12.1 Å².